The van der Waals surface area contributed by atoms with Crippen molar-refractivity contribution in [1.29, 1.82) is 0 Å². The van der Waals surface area contributed by atoms with Gasteiger partial charge in [0.1, 0.15) is 10.5 Å². The quantitative estimate of drug-likeness (QED) is 0.478. The number of benzene rings is 1. The maximum absolute atomic E-state index is 12.7. The van der Waals surface area contributed by atoms with Crippen LogP contribution in [0.5, 0.6) is 0 Å². The largest absolute Gasteiger partial charge is 0.440 e. The van der Waals surface area contributed by atoms with Crippen molar-refractivity contribution in [2.75, 3.05) is 13.1 Å². The number of oxazole rings is 1. The number of carbonyl (C=O) groups excluding carboxylic acids is 1. The van der Waals surface area contributed by atoms with Gasteiger partial charge in [0.25, 0.3) is 0 Å². The van der Waals surface area contributed by atoms with Gasteiger partial charge in [-0.05, 0) is 36.4 Å². The van der Waals surface area contributed by atoms with Crippen LogP contribution in [0.2, 0.25) is 0 Å². The molecule has 7 heteroatoms. The number of carbonyl (C=O) groups is 1. The van der Waals surface area contributed by atoms with Crippen LogP contribution < -0.4 is 0 Å². The Hall–Kier alpha value is -2.51. The van der Waals surface area contributed by atoms with Crippen LogP contribution in [0.15, 0.2) is 50.9 Å². The van der Waals surface area contributed by atoms with Crippen LogP contribution in [-0.4, -0.2) is 33.9 Å². The number of thiophene rings is 1. The van der Waals surface area contributed by atoms with E-state index in [0.717, 1.165) is 59.2 Å². The number of hydrogen-bond acceptors (Lipinski definition) is 6. The molecular formula is C21H19N3O2S2. The third kappa shape index (κ3) is 3.47. The lowest BCUT2D eigenvalue weighted by Gasteiger charge is -2.30. The van der Waals surface area contributed by atoms with Gasteiger partial charge in [0.05, 0.1) is 12.1 Å². The minimum Gasteiger partial charge on any atom is -0.440 e. The maximum Gasteiger partial charge on any atom is 0.228 e. The van der Waals surface area contributed by atoms with Crippen molar-refractivity contribution in [3.8, 4) is 10.6 Å². The highest BCUT2D eigenvalue weighted by Crippen LogP contribution is 2.30. The summed E-state index contributed by atoms with van der Waals surface area (Å²) < 4.78 is 5.91. The number of aromatic nitrogens is 2. The lowest BCUT2D eigenvalue weighted by Crippen LogP contribution is -2.38. The Kier molecular flexibility index (Phi) is 4.70. The van der Waals surface area contributed by atoms with Crippen LogP contribution in [0.4, 0.5) is 0 Å². The SMILES string of the molecule is O=C(Cc1csc(-c2ccsc2)n1)N1CCC(c2nc3ccccc3o2)CC1. The fourth-order valence-corrected chi connectivity index (χ4v) is 5.15. The van der Waals surface area contributed by atoms with Gasteiger partial charge in [-0.1, -0.05) is 12.1 Å². The predicted molar refractivity (Wildman–Crippen MR) is 112 cm³/mol. The molecule has 5 rings (SSSR count). The molecule has 0 radical (unpaired) electrons. The molecule has 1 aliphatic rings. The second-order valence-electron chi connectivity index (χ2n) is 7.01. The summed E-state index contributed by atoms with van der Waals surface area (Å²) in [5.74, 6) is 1.23. The van der Waals surface area contributed by atoms with E-state index in [1.807, 2.05) is 39.9 Å². The zero-order valence-corrected chi connectivity index (χ0v) is 16.8. The Morgan fingerprint density at radius 1 is 1.14 bits per heavy atom. The van der Waals surface area contributed by atoms with E-state index in [1.54, 1.807) is 22.7 Å². The average molecular weight is 410 g/mol. The van der Waals surface area contributed by atoms with Gasteiger partial charge in [-0.2, -0.15) is 11.3 Å². The van der Waals surface area contributed by atoms with Crippen molar-refractivity contribution in [1.82, 2.24) is 14.9 Å². The summed E-state index contributed by atoms with van der Waals surface area (Å²) in [5.41, 5.74) is 3.73. The summed E-state index contributed by atoms with van der Waals surface area (Å²) in [6.45, 7) is 1.48. The summed E-state index contributed by atoms with van der Waals surface area (Å²) in [4.78, 5) is 23.9. The van der Waals surface area contributed by atoms with Gasteiger partial charge < -0.3 is 9.32 Å². The number of likely N-dealkylation sites (tertiary alicyclic amines) is 1. The summed E-state index contributed by atoms with van der Waals surface area (Å²) in [6, 6.07) is 9.91. The first-order valence-corrected chi connectivity index (χ1v) is 11.2. The van der Waals surface area contributed by atoms with Crippen LogP contribution in [0, 0.1) is 0 Å². The third-order valence-corrected chi connectivity index (χ3v) is 6.78. The van der Waals surface area contributed by atoms with E-state index in [0.29, 0.717) is 6.42 Å². The van der Waals surface area contributed by atoms with Crippen LogP contribution in [0.25, 0.3) is 21.7 Å². The second-order valence-corrected chi connectivity index (χ2v) is 8.65. The molecule has 4 aromatic rings. The lowest BCUT2D eigenvalue weighted by atomic mass is 9.96. The van der Waals surface area contributed by atoms with Crippen molar-refractivity contribution in [2.24, 2.45) is 0 Å². The fraction of sp³-hybridized carbons (Fsp3) is 0.286. The van der Waals surface area contributed by atoms with E-state index < -0.39 is 0 Å². The topological polar surface area (TPSA) is 59.2 Å². The first kappa shape index (κ1) is 17.6. The molecule has 1 fully saturated rings. The van der Waals surface area contributed by atoms with Crippen molar-refractivity contribution in [3.05, 3.63) is 58.1 Å². The molecule has 4 heterocycles. The van der Waals surface area contributed by atoms with Crippen LogP contribution in [-0.2, 0) is 11.2 Å². The van der Waals surface area contributed by atoms with E-state index in [4.69, 9.17) is 4.42 Å². The molecule has 0 bridgehead atoms. The van der Waals surface area contributed by atoms with Crippen LogP contribution >= 0.6 is 22.7 Å². The fourth-order valence-electron chi connectivity index (χ4n) is 3.61. The van der Waals surface area contributed by atoms with Gasteiger partial charge in [-0.3, -0.25) is 4.79 Å². The molecule has 1 amide bonds. The number of thiazole rings is 1. The Balaban J connectivity index is 1.20. The van der Waals surface area contributed by atoms with Gasteiger partial charge in [-0.15, -0.1) is 11.3 Å². The Morgan fingerprint density at radius 3 is 2.79 bits per heavy atom. The molecule has 1 saturated heterocycles. The van der Waals surface area contributed by atoms with Gasteiger partial charge in [0.2, 0.25) is 5.91 Å². The standard InChI is InChI=1S/C21H19N3O2S2/c25-19(11-16-13-28-21(22-16)15-7-10-27-12-15)24-8-5-14(6-9-24)20-23-17-3-1-2-4-18(17)26-20/h1-4,7,10,12-14H,5-6,8-9,11H2. The molecule has 5 nitrogen and oxygen atoms in total. The highest BCUT2D eigenvalue weighted by molar-refractivity contribution is 7.14. The van der Waals surface area contributed by atoms with E-state index in [1.165, 1.54) is 0 Å². The Morgan fingerprint density at radius 2 is 2.00 bits per heavy atom. The molecule has 0 atom stereocenters. The molecule has 1 aromatic carbocycles. The number of hydrogen-bond donors (Lipinski definition) is 0. The molecule has 3 aromatic heterocycles. The van der Waals surface area contributed by atoms with E-state index in [9.17, 15) is 4.79 Å². The number of nitrogens with zero attached hydrogens (tertiary/aromatic N) is 3. The van der Waals surface area contributed by atoms with Gasteiger partial charge in [0.15, 0.2) is 11.5 Å². The molecular weight excluding hydrogens is 390 g/mol. The first-order chi connectivity index (χ1) is 13.8. The number of rotatable bonds is 4. The van der Waals surface area contributed by atoms with Crippen molar-refractivity contribution >= 4 is 39.7 Å². The van der Waals surface area contributed by atoms with Crippen LogP contribution in [0.1, 0.15) is 30.3 Å². The minimum absolute atomic E-state index is 0.151. The number of piperidine rings is 1. The van der Waals surface area contributed by atoms with E-state index in [2.05, 4.69) is 21.4 Å². The predicted octanol–water partition coefficient (Wildman–Crippen LogP) is 4.96. The van der Waals surface area contributed by atoms with Crippen molar-refractivity contribution in [3.63, 3.8) is 0 Å². The van der Waals surface area contributed by atoms with E-state index >= 15 is 0 Å². The van der Waals surface area contributed by atoms with Gasteiger partial charge >= 0.3 is 0 Å². The summed E-state index contributed by atoms with van der Waals surface area (Å²) in [7, 11) is 0. The monoisotopic (exact) mass is 409 g/mol. The highest BCUT2D eigenvalue weighted by atomic mass is 32.1. The number of amides is 1. The summed E-state index contributed by atoms with van der Waals surface area (Å²) in [5, 5.41) is 7.11. The van der Waals surface area contributed by atoms with Gasteiger partial charge in [-0.25, -0.2) is 9.97 Å². The third-order valence-electron chi connectivity index (χ3n) is 5.16. The molecule has 0 unspecified atom stereocenters. The minimum atomic E-state index is 0.151. The lowest BCUT2D eigenvalue weighted by molar-refractivity contribution is -0.131. The zero-order valence-electron chi connectivity index (χ0n) is 15.2. The number of fused-ring (bicyclic) bond motifs is 1. The van der Waals surface area contributed by atoms with Crippen molar-refractivity contribution < 1.29 is 9.21 Å². The molecule has 0 saturated carbocycles. The molecule has 0 aliphatic carbocycles. The van der Waals surface area contributed by atoms with E-state index in [-0.39, 0.29) is 11.8 Å². The molecule has 0 spiro atoms. The van der Waals surface area contributed by atoms with Crippen molar-refractivity contribution in [2.45, 2.75) is 25.2 Å². The maximum atomic E-state index is 12.7. The highest BCUT2D eigenvalue weighted by Gasteiger charge is 2.27. The first-order valence-electron chi connectivity index (χ1n) is 9.36. The molecule has 28 heavy (non-hydrogen) atoms. The average Bonchev–Trinajstić information content (AvgIpc) is 3.47. The number of para-hydroxylation sites is 2. The second kappa shape index (κ2) is 7.48. The molecule has 0 N–H and O–H groups in total. The molecule has 142 valence electrons. The summed E-state index contributed by atoms with van der Waals surface area (Å²) >= 11 is 3.26. The Labute approximate surface area is 170 Å². The smallest absolute Gasteiger partial charge is 0.228 e. The van der Waals surface area contributed by atoms with Crippen LogP contribution in [0.3, 0.4) is 0 Å². The zero-order chi connectivity index (χ0) is 18.9. The normalized spacial score (nSPS) is 15.4. The summed E-state index contributed by atoms with van der Waals surface area (Å²) in [6.07, 6.45) is 2.14. The Bertz CT molecular complexity index is 1060. The van der Waals surface area contributed by atoms with Gasteiger partial charge in [0, 0.05) is 35.3 Å². The molecule has 1 aliphatic heterocycles.